The molecule has 1 aromatic carbocycles. The van der Waals surface area contributed by atoms with Crippen LogP contribution in [0.3, 0.4) is 0 Å². The molecular formula is C12H17Cl2FN2O. The highest BCUT2D eigenvalue weighted by molar-refractivity contribution is 5.85. The molecule has 1 heterocycles. The number of hydrogen-bond donors (Lipinski definition) is 1. The van der Waals surface area contributed by atoms with Crippen molar-refractivity contribution in [2.24, 2.45) is 0 Å². The first-order valence-corrected chi connectivity index (χ1v) is 5.46. The number of piperazine rings is 1. The number of benzene rings is 1. The average Bonchev–Trinajstić information content (AvgIpc) is 2.31. The minimum absolute atomic E-state index is 0. The molecule has 6 heteroatoms. The molecule has 0 unspecified atom stereocenters. The fraction of sp³-hybridized carbons (Fsp3) is 0.417. The molecule has 0 bridgehead atoms. The number of carbonyl (C=O) groups is 1. The van der Waals surface area contributed by atoms with E-state index in [-0.39, 0.29) is 30.6 Å². The van der Waals surface area contributed by atoms with Crippen LogP contribution < -0.4 is 5.32 Å². The number of rotatable bonds is 3. The van der Waals surface area contributed by atoms with Crippen molar-refractivity contribution in [3.05, 3.63) is 35.1 Å². The lowest BCUT2D eigenvalue weighted by atomic mass is 10.1. The van der Waals surface area contributed by atoms with Gasteiger partial charge in [-0.25, -0.2) is 4.39 Å². The fourth-order valence-corrected chi connectivity index (χ4v) is 1.94. The van der Waals surface area contributed by atoms with E-state index in [2.05, 4.69) is 10.2 Å². The van der Waals surface area contributed by atoms with Gasteiger partial charge in [0.2, 0.25) is 0 Å². The maximum absolute atomic E-state index is 13.1. The van der Waals surface area contributed by atoms with Gasteiger partial charge >= 0.3 is 0 Å². The van der Waals surface area contributed by atoms with E-state index in [0.717, 1.165) is 38.0 Å². The number of halogens is 3. The van der Waals surface area contributed by atoms with E-state index >= 15 is 0 Å². The van der Waals surface area contributed by atoms with E-state index in [9.17, 15) is 9.18 Å². The van der Waals surface area contributed by atoms with Gasteiger partial charge in [-0.05, 0) is 23.8 Å². The number of aldehydes is 1. The zero-order valence-electron chi connectivity index (χ0n) is 9.89. The van der Waals surface area contributed by atoms with Gasteiger partial charge in [0.25, 0.3) is 0 Å². The van der Waals surface area contributed by atoms with Crippen molar-refractivity contribution in [3.8, 4) is 0 Å². The predicted octanol–water partition coefficient (Wildman–Crippen LogP) is 1.89. The Morgan fingerprint density at radius 1 is 1.28 bits per heavy atom. The van der Waals surface area contributed by atoms with Crippen molar-refractivity contribution in [1.82, 2.24) is 10.2 Å². The molecule has 18 heavy (non-hydrogen) atoms. The first kappa shape index (κ1) is 17.3. The molecule has 0 amide bonds. The largest absolute Gasteiger partial charge is 0.314 e. The molecule has 2 rings (SSSR count). The molecule has 1 aliphatic rings. The number of hydrogen-bond acceptors (Lipinski definition) is 3. The van der Waals surface area contributed by atoms with Gasteiger partial charge in [-0.15, -0.1) is 24.8 Å². The van der Waals surface area contributed by atoms with Crippen LogP contribution in [-0.2, 0) is 6.54 Å². The van der Waals surface area contributed by atoms with E-state index in [1.807, 2.05) is 0 Å². The summed E-state index contributed by atoms with van der Waals surface area (Å²) in [5, 5.41) is 3.26. The van der Waals surface area contributed by atoms with Gasteiger partial charge in [-0.2, -0.15) is 0 Å². The molecule has 0 saturated carbocycles. The third-order valence-corrected chi connectivity index (χ3v) is 2.84. The van der Waals surface area contributed by atoms with Gasteiger partial charge in [0.05, 0.1) is 0 Å². The van der Waals surface area contributed by atoms with E-state index in [1.165, 1.54) is 12.1 Å². The van der Waals surface area contributed by atoms with Crippen LogP contribution >= 0.6 is 24.8 Å². The lowest BCUT2D eigenvalue weighted by molar-refractivity contribution is 0.112. The van der Waals surface area contributed by atoms with Crippen LogP contribution in [-0.4, -0.2) is 37.4 Å². The number of carbonyl (C=O) groups excluding carboxylic acids is 1. The summed E-state index contributed by atoms with van der Waals surface area (Å²) in [6.45, 7) is 4.43. The molecule has 1 aromatic rings. The summed E-state index contributed by atoms with van der Waals surface area (Å²) in [6.07, 6.45) is 0.789. The maximum atomic E-state index is 13.1. The Kier molecular flexibility index (Phi) is 8.11. The SMILES string of the molecule is Cl.Cl.O=Cc1ccc(F)cc1CN1CCNCC1. The van der Waals surface area contributed by atoms with Gasteiger partial charge in [0.1, 0.15) is 12.1 Å². The van der Waals surface area contributed by atoms with Crippen molar-refractivity contribution in [2.75, 3.05) is 26.2 Å². The van der Waals surface area contributed by atoms with Crippen molar-refractivity contribution in [1.29, 1.82) is 0 Å². The van der Waals surface area contributed by atoms with E-state index in [1.54, 1.807) is 6.07 Å². The van der Waals surface area contributed by atoms with Crippen molar-refractivity contribution < 1.29 is 9.18 Å². The van der Waals surface area contributed by atoms with Gasteiger partial charge in [0.15, 0.2) is 0 Å². The quantitative estimate of drug-likeness (QED) is 0.864. The Balaban J connectivity index is 0.00000144. The highest BCUT2D eigenvalue weighted by Crippen LogP contribution is 2.12. The van der Waals surface area contributed by atoms with Gasteiger partial charge in [0, 0.05) is 38.3 Å². The second-order valence-electron chi connectivity index (χ2n) is 3.99. The summed E-state index contributed by atoms with van der Waals surface area (Å²) in [5.41, 5.74) is 1.36. The molecule has 102 valence electrons. The van der Waals surface area contributed by atoms with Crippen LogP contribution in [0.15, 0.2) is 18.2 Å². The van der Waals surface area contributed by atoms with Gasteiger partial charge in [-0.3, -0.25) is 9.69 Å². The topological polar surface area (TPSA) is 32.3 Å². The van der Waals surface area contributed by atoms with E-state index in [0.29, 0.717) is 12.1 Å². The molecule has 0 radical (unpaired) electrons. The molecule has 0 aromatic heterocycles. The predicted molar refractivity (Wildman–Crippen MR) is 74.4 cm³/mol. The first-order valence-electron chi connectivity index (χ1n) is 5.46. The Morgan fingerprint density at radius 2 is 1.94 bits per heavy atom. The standard InChI is InChI=1S/C12H15FN2O.2ClH/c13-12-2-1-10(9-16)11(7-12)8-15-5-3-14-4-6-15;;/h1-2,7,9,14H,3-6,8H2;2*1H. The lowest BCUT2D eigenvalue weighted by Crippen LogP contribution is -2.43. The van der Waals surface area contributed by atoms with Crippen LogP contribution in [0.2, 0.25) is 0 Å². The molecule has 1 fully saturated rings. The Labute approximate surface area is 119 Å². The molecule has 3 nitrogen and oxygen atoms in total. The molecule has 0 atom stereocenters. The zero-order chi connectivity index (χ0) is 11.4. The Bertz CT molecular complexity index is 384. The second-order valence-corrected chi connectivity index (χ2v) is 3.99. The lowest BCUT2D eigenvalue weighted by Gasteiger charge is -2.27. The highest BCUT2D eigenvalue weighted by atomic mass is 35.5. The molecule has 0 aliphatic carbocycles. The second kappa shape index (κ2) is 8.43. The van der Waals surface area contributed by atoms with Crippen LogP contribution in [0.5, 0.6) is 0 Å². The normalized spacial score (nSPS) is 15.4. The summed E-state index contributed by atoms with van der Waals surface area (Å²) in [7, 11) is 0. The van der Waals surface area contributed by atoms with Crippen LogP contribution in [0.1, 0.15) is 15.9 Å². The van der Waals surface area contributed by atoms with Crippen molar-refractivity contribution in [2.45, 2.75) is 6.54 Å². The highest BCUT2D eigenvalue weighted by Gasteiger charge is 2.12. The minimum atomic E-state index is -0.282. The maximum Gasteiger partial charge on any atom is 0.150 e. The summed E-state index contributed by atoms with van der Waals surface area (Å²) in [4.78, 5) is 13.0. The summed E-state index contributed by atoms with van der Waals surface area (Å²) >= 11 is 0. The van der Waals surface area contributed by atoms with Crippen LogP contribution in [0.4, 0.5) is 4.39 Å². The summed E-state index contributed by atoms with van der Waals surface area (Å²) in [5.74, 6) is -0.282. The molecule has 1 aliphatic heterocycles. The van der Waals surface area contributed by atoms with Crippen molar-refractivity contribution >= 4 is 31.1 Å². The smallest absolute Gasteiger partial charge is 0.150 e. The van der Waals surface area contributed by atoms with Gasteiger partial charge < -0.3 is 5.32 Å². The summed E-state index contributed by atoms with van der Waals surface area (Å²) in [6, 6.07) is 4.32. The van der Waals surface area contributed by atoms with E-state index in [4.69, 9.17) is 0 Å². The molecule has 1 saturated heterocycles. The first-order chi connectivity index (χ1) is 7.79. The monoisotopic (exact) mass is 294 g/mol. The molecule has 0 spiro atoms. The number of nitrogens with one attached hydrogen (secondary N) is 1. The van der Waals surface area contributed by atoms with Crippen LogP contribution in [0.25, 0.3) is 0 Å². The van der Waals surface area contributed by atoms with Crippen molar-refractivity contribution in [3.63, 3.8) is 0 Å². The molecular weight excluding hydrogens is 278 g/mol. The Morgan fingerprint density at radius 3 is 2.56 bits per heavy atom. The third kappa shape index (κ3) is 4.53. The van der Waals surface area contributed by atoms with Crippen LogP contribution in [0, 0.1) is 5.82 Å². The minimum Gasteiger partial charge on any atom is -0.314 e. The summed E-state index contributed by atoms with van der Waals surface area (Å²) < 4.78 is 13.1. The zero-order valence-corrected chi connectivity index (χ0v) is 11.5. The fourth-order valence-electron chi connectivity index (χ4n) is 1.94. The third-order valence-electron chi connectivity index (χ3n) is 2.84. The number of nitrogens with zero attached hydrogens (tertiary/aromatic N) is 1. The average molecular weight is 295 g/mol. The van der Waals surface area contributed by atoms with Gasteiger partial charge in [-0.1, -0.05) is 0 Å². The Hall–Kier alpha value is -0.680. The molecule has 1 N–H and O–H groups in total. The van der Waals surface area contributed by atoms with E-state index < -0.39 is 0 Å².